The van der Waals surface area contributed by atoms with Crippen LogP contribution in [0.2, 0.25) is 0 Å². The lowest BCUT2D eigenvalue weighted by molar-refractivity contribution is -0.120. The van der Waals surface area contributed by atoms with Gasteiger partial charge in [0.2, 0.25) is 5.91 Å². The summed E-state index contributed by atoms with van der Waals surface area (Å²) in [7, 11) is 6.66. The molecule has 0 aliphatic rings. The van der Waals surface area contributed by atoms with Gasteiger partial charge in [0.15, 0.2) is 5.96 Å². The number of guanidine groups is 1. The topological polar surface area (TPSA) is 95.1 Å². The van der Waals surface area contributed by atoms with E-state index in [1.165, 1.54) is 4.90 Å². The average Bonchev–Trinajstić information content (AvgIpc) is 2.62. The van der Waals surface area contributed by atoms with Gasteiger partial charge in [0, 0.05) is 46.9 Å². The smallest absolute Gasteiger partial charge is 0.253 e. The molecule has 8 nitrogen and oxygen atoms in total. The van der Waals surface area contributed by atoms with Crippen LogP contribution in [0, 0.1) is 0 Å². The van der Waals surface area contributed by atoms with E-state index in [0.717, 1.165) is 5.56 Å². The summed E-state index contributed by atoms with van der Waals surface area (Å²) in [5.74, 6) is 0.360. The van der Waals surface area contributed by atoms with Crippen molar-refractivity contribution in [2.45, 2.75) is 6.54 Å². The molecular formula is C17H27N5O3. The van der Waals surface area contributed by atoms with Crippen LogP contribution in [0.3, 0.4) is 0 Å². The van der Waals surface area contributed by atoms with Gasteiger partial charge in [0.1, 0.15) is 0 Å². The van der Waals surface area contributed by atoms with Crippen LogP contribution in [0.1, 0.15) is 15.9 Å². The first-order valence-electron chi connectivity index (χ1n) is 7.98. The van der Waals surface area contributed by atoms with E-state index in [9.17, 15) is 9.59 Å². The fourth-order valence-corrected chi connectivity index (χ4v) is 1.95. The zero-order valence-electron chi connectivity index (χ0n) is 15.3. The van der Waals surface area contributed by atoms with Crippen molar-refractivity contribution in [2.24, 2.45) is 4.99 Å². The van der Waals surface area contributed by atoms with Gasteiger partial charge in [-0.3, -0.25) is 14.6 Å². The Balaban J connectivity index is 2.42. The minimum Gasteiger partial charge on any atom is -0.383 e. The normalized spacial score (nSPS) is 11.0. The summed E-state index contributed by atoms with van der Waals surface area (Å²) in [6, 6.07) is 7.35. The molecule has 1 rings (SSSR count). The molecule has 2 amide bonds. The summed E-state index contributed by atoms with van der Waals surface area (Å²) < 4.78 is 4.87. The predicted molar refractivity (Wildman–Crippen MR) is 97.5 cm³/mol. The maximum atomic E-state index is 11.8. The highest BCUT2D eigenvalue weighted by Gasteiger charge is 2.07. The number of hydrogen-bond donors (Lipinski definition) is 3. The van der Waals surface area contributed by atoms with Gasteiger partial charge >= 0.3 is 0 Å². The van der Waals surface area contributed by atoms with Crippen molar-refractivity contribution < 1.29 is 14.3 Å². The van der Waals surface area contributed by atoms with Crippen molar-refractivity contribution in [3.8, 4) is 0 Å². The summed E-state index contributed by atoms with van der Waals surface area (Å²) in [5.41, 5.74) is 1.65. The quantitative estimate of drug-likeness (QED) is 0.344. The molecular weight excluding hydrogens is 322 g/mol. The molecule has 1 aromatic rings. The first-order chi connectivity index (χ1) is 12.0. The highest BCUT2D eigenvalue weighted by molar-refractivity contribution is 5.93. The molecule has 0 aliphatic heterocycles. The van der Waals surface area contributed by atoms with Gasteiger partial charge in [-0.2, -0.15) is 0 Å². The number of carbonyl (C=O) groups excluding carboxylic acids is 2. The summed E-state index contributed by atoms with van der Waals surface area (Å²) in [6.45, 7) is 1.60. The van der Waals surface area contributed by atoms with E-state index < -0.39 is 0 Å². The second kappa shape index (κ2) is 11.0. The molecule has 0 fully saturated rings. The molecule has 0 saturated carbocycles. The number of amides is 2. The van der Waals surface area contributed by atoms with E-state index in [0.29, 0.717) is 31.2 Å². The SMILES string of the molecule is CN=C(NCC(=O)NCCOC)NCc1ccc(C(=O)N(C)C)cc1. The monoisotopic (exact) mass is 349 g/mol. The highest BCUT2D eigenvalue weighted by Crippen LogP contribution is 2.06. The maximum Gasteiger partial charge on any atom is 0.253 e. The number of aliphatic imine (C=N–C) groups is 1. The van der Waals surface area contributed by atoms with E-state index in [2.05, 4.69) is 20.9 Å². The van der Waals surface area contributed by atoms with Crippen LogP contribution in [0.15, 0.2) is 29.3 Å². The summed E-state index contributed by atoms with van der Waals surface area (Å²) in [6.07, 6.45) is 0. The second-order valence-electron chi connectivity index (χ2n) is 5.52. The molecule has 8 heteroatoms. The van der Waals surface area contributed by atoms with Crippen molar-refractivity contribution >= 4 is 17.8 Å². The summed E-state index contributed by atoms with van der Waals surface area (Å²) in [4.78, 5) is 29.1. The number of nitrogens with one attached hydrogen (secondary N) is 3. The zero-order chi connectivity index (χ0) is 18.7. The number of methoxy groups -OCH3 is 1. The number of ether oxygens (including phenoxy) is 1. The Morgan fingerprint density at radius 1 is 1.12 bits per heavy atom. The van der Waals surface area contributed by atoms with Crippen LogP contribution in [0.4, 0.5) is 0 Å². The van der Waals surface area contributed by atoms with E-state index >= 15 is 0 Å². The molecule has 0 bridgehead atoms. The molecule has 0 aliphatic carbocycles. The number of carbonyl (C=O) groups is 2. The molecule has 0 aromatic heterocycles. The van der Waals surface area contributed by atoms with Crippen LogP contribution in [-0.4, -0.2) is 70.6 Å². The third-order valence-electron chi connectivity index (χ3n) is 3.34. The summed E-state index contributed by atoms with van der Waals surface area (Å²) in [5, 5.41) is 8.77. The van der Waals surface area contributed by atoms with Crippen molar-refractivity contribution in [3.05, 3.63) is 35.4 Å². The van der Waals surface area contributed by atoms with Gasteiger partial charge in [-0.25, -0.2) is 0 Å². The van der Waals surface area contributed by atoms with Crippen molar-refractivity contribution in [1.82, 2.24) is 20.9 Å². The molecule has 0 saturated heterocycles. The highest BCUT2D eigenvalue weighted by atomic mass is 16.5. The Kier molecular flexibility index (Phi) is 9.02. The first-order valence-corrected chi connectivity index (χ1v) is 7.98. The van der Waals surface area contributed by atoms with Gasteiger partial charge in [0.25, 0.3) is 5.91 Å². The third-order valence-corrected chi connectivity index (χ3v) is 3.34. The predicted octanol–water partition coefficient (Wildman–Crippen LogP) is -0.184. The maximum absolute atomic E-state index is 11.8. The van der Waals surface area contributed by atoms with E-state index in [1.54, 1.807) is 40.4 Å². The van der Waals surface area contributed by atoms with E-state index in [-0.39, 0.29) is 18.4 Å². The molecule has 25 heavy (non-hydrogen) atoms. The van der Waals surface area contributed by atoms with Gasteiger partial charge in [-0.1, -0.05) is 12.1 Å². The Morgan fingerprint density at radius 3 is 2.36 bits per heavy atom. The minimum atomic E-state index is -0.133. The second-order valence-corrected chi connectivity index (χ2v) is 5.52. The minimum absolute atomic E-state index is 0.0310. The molecule has 0 heterocycles. The van der Waals surface area contributed by atoms with Crippen LogP contribution < -0.4 is 16.0 Å². The zero-order valence-corrected chi connectivity index (χ0v) is 15.3. The number of nitrogens with zero attached hydrogens (tertiary/aromatic N) is 2. The van der Waals surface area contributed by atoms with E-state index in [1.807, 2.05) is 12.1 Å². The Morgan fingerprint density at radius 2 is 1.80 bits per heavy atom. The van der Waals surface area contributed by atoms with Crippen molar-refractivity contribution in [3.63, 3.8) is 0 Å². The van der Waals surface area contributed by atoms with Gasteiger partial charge in [-0.15, -0.1) is 0 Å². The van der Waals surface area contributed by atoms with Crippen LogP contribution >= 0.6 is 0 Å². The lowest BCUT2D eigenvalue weighted by Crippen LogP contribution is -2.43. The largest absolute Gasteiger partial charge is 0.383 e. The lowest BCUT2D eigenvalue weighted by atomic mass is 10.1. The molecule has 3 N–H and O–H groups in total. The molecule has 0 atom stereocenters. The molecule has 0 unspecified atom stereocenters. The Bertz CT molecular complexity index is 584. The van der Waals surface area contributed by atoms with Crippen molar-refractivity contribution in [2.75, 3.05) is 47.9 Å². The van der Waals surface area contributed by atoms with Gasteiger partial charge < -0.3 is 25.6 Å². The van der Waals surface area contributed by atoms with Crippen LogP contribution in [0.5, 0.6) is 0 Å². The standard InChI is InChI=1S/C17H27N5O3/c1-18-17(21-12-15(23)19-9-10-25-4)20-11-13-5-7-14(8-6-13)16(24)22(2)3/h5-8H,9-12H2,1-4H3,(H,19,23)(H2,18,20,21). The first kappa shape index (κ1) is 20.4. The fraction of sp³-hybridized carbons (Fsp3) is 0.471. The molecule has 0 radical (unpaired) electrons. The average molecular weight is 349 g/mol. The molecule has 0 spiro atoms. The van der Waals surface area contributed by atoms with E-state index in [4.69, 9.17) is 4.74 Å². The van der Waals surface area contributed by atoms with Crippen LogP contribution in [-0.2, 0) is 16.1 Å². The van der Waals surface area contributed by atoms with Crippen molar-refractivity contribution in [1.29, 1.82) is 0 Å². The van der Waals surface area contributed by atoms with Crippen LogP contribution in [0.25, 0.3) is 0 Å². The van der Waals surface area contributed by atoms with Gasteiger partial charge in [-0.05, 0) is 17.7 Å². The number of rotatable bonds is 8. The summed E-state index contributed by atoms with van der Waals surface area (Å²) >= 11 is 0. The lowest BCUT2D eigenvalue weighted by Gasteiger charge is -2.13. The van der Waals surface area contributed by atoms with Gasteiger partial charge in [0.05, 0.1) is 13.2 Å². The Labute approximate surface area is 148 Å². The number of benzene rings is 1. The third kappa shape index (κ3) is 7.67. The fourth-order valence-electron chi connectivity index (χ4n) is 1.95. The number of hydrogen-bond acceptors (Lipinski definition) is 4. The molecule has 138 valence electrons. The molecule has 1 aromatic carbocycles. The Hall–Kier alpha value is -2.61.